The molecule has 0 aromatic heterocycles. The van der Waals surface area contributed by atoms with Gasteiger partial charge in [0, 0.05) is 16.8 Å². The molecule has 0 heterocycles. The predicted octanol–water partition coefficient (Wildman–Crippen LogP) is 1.95. The minimum absolute atomic E-state index is 0. The Kier molecular flexibility index (Phi) is 15.0. The summed E-state index contributed by atoms with van der Waals surface area (Å²) in [5.74, 6) is 0. The van der Waals surface area contributed by atoms with Crippen molar-refractivity contribution < 1.29 is 16.8 Å². The maximum absolute atomic E-state index is 4.27. The number of rotatable bonds is 0. The Morgan fingerprint density at radius 3 is 1.50 bits per heavy atom. The Balaban J connectivity index is 0. The van der Waals surface area contributed by atoms with Crippen molar-refractivity contribution in [2.24, 2.45) is 0 Å². The van der Waals surface area contributed by atoms with Crippen LogP contribution in [-0.4, -0.2) is 0 Å². The molecule has 0 aliphatic rings. The van der Waals surface area contributed by atoms with Gasteiger partial charge in [0.1, 0.15) is 0 Å². The van der Waals surface area contributed by atoms with Crippen molar-refractivity contribution >= 4 is 25.3 Å². The third-order valence-corrected chi connectivity index (χ3v) is 1.06. The Morgan fingerprint density at radius 1 is 1.00 bits per heavy atom. The molecule has 59 valence electrons. The first-order chi connectivity index (χ1) is 4.41. The summed E-state index contributed by atoms with van der Waals surface area (Å²) >= 11 is 8.54. The van der Waals surface area contributed by atoms with Crippen LogP contribution in [0.5, 0.6) is 0 Å². The largest absolute Gasteiger partial charge is 0.789 e. The SMILES string of the molecule is [Co].[S-]/C=C\[S-].c1cc[cH-]c1. The van der Waals surface area contributed by atoms with E-state index in [-0.39, 0.29) is 16.8 Å². The fourth-order valence-electron chi connectivity index (χ4n) is 0.321. The maximum atomic E-state index is 4.27. The van der Waals surface area contributed by atoms with E-state index >= 15 is 0 Å². The van der Waals surface area contributed by atoms with Gasteiger partial charge in [0.2, 0.25) is 0 Å². The van der Waals surface area contributed by atoms with Gasteiger partial charge in [-0.05, 0) is 0 Å². The number of hydrogen-bond donors (Lipinski definition) is 0. The normalized spacial score (nSPS) is 7.60. The van der Waals surface area contributed by atoms with Crippen LogP contribution < -0.4 is 0 Å². The quantitative estimate of drug-likeness (QED) is 0.478. The molecule has 0 N–H and O–H groups in total. The molecule has 0 amide bonds. The molecule has 3 heteroatoms. The standard InChI is InChI=1S/C5H5.C2H4S2.Co/c1-2-4-5-3-1;3-1-2-4;/h1-5H;1-4H;/q-1;;/p-2/b;2-1-;. The second-order valence-corrected chi connectivity index (χ2v) is 1.78. The summed E-state index contributed by atoms with van der Waals surface area (Å²) in [5, 5.41) is 2.80. The van der Waals surface area contributed by atoms with E-state index in [1.807, 2.05) is 30.3 Å². The van der Waals surface area contributed by atoms with Gasteiger partial charge in [0.25, 0.3) is 0 Å². The topological polar surface area (TPSA) is 0 Å². The van der Waals surface area contributed by atoms with Gasteiger partial charge in [-0.1, -0.05) is 0 Å². The van der Waals surface area contributed by atoms with Crippen LogP contribution in [-0.2, 0) is 42.0 Å². The van der Waals surface area contributed by atoms with Gasteiger partial charge < -0.3 is 25.3 Å². The van der Waals surface area contributed by atoms with Crippen molar-refractivity contribution in [3.05, 3.63) is 41.1 Å². The molecule has 0 saturated carbocycles. The van der Waals surface area contributed by atoms with E-state index in [1.165, 1.54) is 10.8 Å². The van der Waals surface area contributed by atoms with Gasteiger partial charge in [-0.3, -0.25) is 0 Å². The second kappa shape index (κ2) is 11.8. The van der Waals surface area contributed by atoms with Gasteiger partial charge in [0.05, 0.1) is 0 Å². The van der Waals surface area contributed by atoms with Gasteiger partial charge in [-0.25, -0.2) is 22.9 Å². The molecule has 0 nitrogen and oxygen atoms in total. The number of hydrogen-bond acceptors (Lipinski definition) is 2. The van der Waals surface area contributed by atoms with Gasteiger partial charge in [-0.2, -0.15) is 18.2 Å². The van der Waals surface area contributed by atoms with Crippen molar-refractivity contribution in [3.63, 3.8) is 0 Å². The predicted molar refractivity (Wildman–Crippen MR) is 45.9 cm³/mol. The zero-order valence-corrected chi connectivity index (χ0v) is 7.87. The molecule has 0 saturated heterocycles. The summed E-state index contributed by atoms with van der Waals surface area (Å²) < 4.78 is 0. The third-order valence-electron chi connectivity index (χ3n) is 0.611. The first-order valence-corrected chi connectivity index (χ1v) is 3.41. The van der Waals surface area contributed by atoms with Crippen molar-refractivity contribution in [2.45, 2.75) is 0 Å². The average molecular weight is 214 g/mol. The molecule has 0 aliphatic heterocycles. The fraction of sp³-hybridized carbons (Fsp3) is 0. The van der Waals surface area contributed by atoms with Crippen LogP contribution in [0.3, 0.4) is 0 Å². The zero-order valence-electron chi connectivity index (χ0n) is 5.19. The molecule has 1 radical (unpaired) electrons. The second-order valence-electron chi connectivity index (χ2n) is 1.23. The van der Waals surface area contributed by atoms with Gasteiger partial charge in [-0.15, -0.1) is 0 Å². The Hall–Kier alpha value is 0.0365. The average Bonchev–Trinajstić information content (AvgIpc) is 2.43. The van der Waals surface area contributed by atoms with Crippen LogP contribution in [0.4, 0.5) is 0 Å². The summed E-state index contributed by atoms with van der Waals surface area (Å²) in [5.41, 5.74) is 0. The summed E-state index contributed by atoms with van der Waals surface area (Å²) in [6.07, 6.45) is 0. The van der Waals surface area contributed by atoms with Crippen LogP contribution in [0, 0.1) is 0 Å². The van der Waals surface area contributed by atoms with E-state index in [0.717, 1.165) is 0 Å². The van der Waals surface area contributed by atoms with Gasteiger partial charge in [0.15, 0.2) is 0 Å². The van der Waals surface area contributed by atoms with E-state index in [0.29, 0.717) is 0 Å². The summed E-state index contributed by atoms with van der Waals surface area (Å²) in [6.45, 7) is 0. The molecule has 1 aromatic rings. The van der Waals surface area contributed by atoms with Crippen molar-refractivity contribution in [1.82, 2.24) is 0 Å². The van der Waals surface area contributed by atoms with Gasteiger partial charge >= 0.3 is 0 Å². The Labute approximate surface area is 83.1 Å². The molecule has 0 aliphatic carbocycles. The monoisotopic (exact) mass is 214 g/mol. The van der Waals surface area contributed by atoms with E-state index in [9.17, 15) is 0 Å². The first kappa shape index (κ1) is 12.7. The first-order valence-electron chi connectivity index (χ1n) is 2.47. The molecule has 1 rings (SSSR count). The summed E-state index contributed by atoms with van der Waals surface area (Å²) in [4.78, 5) is 0. The van der Waals surface area contributed by atoms with E-state index in [2.05, 4.69) is 25.3 Å². The molecule has 10 heavy (non-hydrogen) atoms. The smallest absolute Gasteiger partial charge is 0 e. The van der Waals surface area contributed by atoms with Crippen LogP contribution in [0.2, 0.25) is 0 Å². The molecule has 0 atom stereocenters. The van der Waals surface area contributed by atoms with Crippen LogP contribution >= 0.6 is 0 Å². The van der Waals surface area contributed by atoms with Crippen LogP contribution in [0.25, 0.3) is 0 Å². The molecule has 0 bridgehead atoms. The molecular formula is C7H7CoS2-3. The van der Waals surface area contributed by atoms with Crippen molar-refractivity contribution in [1.29, 1.82) is 0 Å². The van der Waals surface area contributed by atoms with Crippen molar-refractivity contribution in [2.75, 3.05) is 0 Å². The van der Waals surface area contributed by atoms with E-state index < -0.39 is 0 Å². The summed E-state index contributed by atoms with van der Waals surface area (Å²) in [6, 6.07) is 10.0. The summed E-state index contributed by atoms with van der Waals surface area (Å²) in [7, 11) is 0. The third kappa shape index (κ3) is 10.9. The van der Waals surface area contributed by atoms with E-state index in [4.69, 9.17) is 0 Å². The Morgan fingerprint density at radius 2 is 1.40 bits per heavy atom. The molecular weight excluding hydrogens is 207 g/mol. The van der Waals surface area contributed by atoms with Crippen LogP contribution in [0.15, 0.2) is 41.1 Å². The zero-order chi connectivity index (χ0) is 6.95. The Bertz CT molecular complexity index is 114. The molecule has 1 aromatic carbocycles. The van der Waals surface area contributed by atoms with Crippen molar-refractivity contribution in [3.8, 4) is 0 Å². The minimum Gasteiger partial charge on any atom is -0.789 e. The minimum atomic E-state index is 0. The van der Waals surface area contributed by atoms with Crippen LogP contribution in [0.1, 0.15) is 0 Å². The fourth-order valence-corrected chi connectivity index (χ4v) is 0.321. The van der Waals surface area contributed by atoms with E-state index in [1.54, 1.807) is 0 Å². The molecule has 0 unspecified atom stereocenters. The molecule has 0 fully saturated rings. The molecule has 0 spiro atoms. The maximum Gasteiger partial charge on any atom is 0 e.